The zero-order valence-electron chi connectivity index (χ0n) is 24.1. The number of rotatable bonds is 8. The lowest BCUT2D eigenvalue weighted by Gasteiger charge is -2.27. The summed E-state index contributed by atoms with van der Waals surface area (Å²) < 4.78 is 29.5. The molecule has 0 radical (unpaired) electrons. The third-order valence-electron chi connectivity index (χ3n) is 7.08. The number of aromatic nitrogens is 3. The number of nitrogens with zero attached hydrogens (tertiary/aromatic N) is 4. The number of aromatic hydroxyl groups is 1. The van der Waals surface area contributed by atoms with E-state index in [1.54, 1.807) is 73.3 Å². The molecule has 0 unspecified atom stereocenters. The summed E-state index contributed by atoms with van der Waals surface area (Å²) in [5.74, 6) is -0.858. The van der Waals surface area contributed by atoms with Gasteiger partial charge in [0, 0.05) is 50.7 Å². The summed E-state index contributed by atoms with van der Waals surface area (Å²) >= 11 is 0. The van der Waals surface area contributed by atoms with Crippen LogP contribution in [-0.4, -0.2) is 59.7 Å². The van der Waals surface area contributed by atoms with Crippen molar-refractivity contribution in [3.8, 4) is 28.1 Å². The number of anilines is 2. The molecule has 0 bridgehead atoms. The van der Waals surface area contributed by atoms with Crippen LogP contribution in [0.25, 0.3) is 22.4 Å². The van der Waals surface area contributed by atoms with Crippen molar-refractivity contribution in [3.63, 3.8) is 0 Å². The van der Waals surface area contributed by atoms with E-state index in [4.69, 9.17) is 0 Å². The number of sulfone groups is 1. The van der Waals surface area contributed by atoms with Crippen molar-refractivity contribution in [2.45, 2.75) is 16.7 Å². The van der Waals surface area contributed by atoms with Crippen LogP contribution in [0, 0.1) is 0 Å². The van der Waals surface area contributed by atoms with Crippen LogP contribution in [0.2, 0.25) is 0 Å². The van der Waals surface area contributed by atoms with Crippen LogP contribution >= 0.6 is 0 Å². The number of para-hydroxylation sites is 1. The van der Waals surface area contributed by atoms with Gasteiger partial charge in [0.25, 0.3) is 11.5 Å². The summed E-state index contributed by atoms with van der Waals surface area (Å²) in [5.41, 5.74) is 2.32. The summed E-state index contributed by atoms with van der Waals surface area (Å²) in [6.07, 6.45) is 3.19. The molecular formula is C32H31N5O5S. The molecule has 0 spiro atoms. The Kier molecular flexibility index (Phi) is 7.92. The molecule has 43 heavy (non-hydrogen) atoms. The first-order chi connectivity index (χ1) is 20.5. The van der Waals surface area contributed by atoms with Gasteiger partial charge in [-0.05, 0) is 48.4 Å². The Hall–Kier alpha value is -5.16. The van der Waals surface area contributed by atoms with Crippen LogP contribution in [0.3, 0.4) is 0 Å². The molecule has 5 rings (SSSR count). The van der Waals surface area contributed by atoms with Crippen molar-refractivity contribution in [3.05, 3.63) is 107 Å². The van der Waals surface area contributed by atoms with Crippen LogP contribution in [0.5, 0.6) is 5.75 Å². The van der Waals surface area contributed by atoms with E-state index in [2.05, 4.69) is 10.1 Å². The number of H-pyrrole nitrogens is 1. The number of carbonyl (C=O) groups excluding carboxylic acids is 1. The third kappa shape index (κ3) is 5.42. The number of aryl methyl sites for hydroxylation is 1. The maximum atomic E-state index is 14.0. The quantitative estimate of drug-likeness (QED) is 0.262. The third-order valence-corrected chi connectivity index (χ3v) is 8.89. The molecule has 2 aromatic heterocycles. The summed E-state index contributed by atoms with van der Waals surface area (Å²) in [6, 6.07) is 22.1. The van der Waals surface area contributed by atoms with E-state index in [-0.39, 0.29) is 22.2 Å². The SMILES string of the molecule is CCN(c1ccccc1)c1c(-c2cnn(C)c2)[nH]c(=O)c(S(=O)(=O)c2ccc(-c3ccccc3C(=O)N(C)C)cc2)c1O. The second kappa shape index (κ2) is 11.6. The lowest BCUT2D eigenvalue weighted by molar-refractivity contribution is 0.0828. The number of nitrogens with one attached hydrogen (secondary N) is 1. The van der Waals surface area contributed by atoms with Crippen LogP contribution < -0.4 is 10.5 Å². The summed E-state index contributed by atoms with van der Waals surface area (Å²) in [6.45, 7) is 2.21. The lowest BCUT2D eigenvalue weighted by atomic mass is 9.99. The predicted molar refractivity (Wildman–Crippen MR) is 165 cm³/mol. The largest absolute Gasteiger partial charge is 0.504 e. The van der Waals surface area contributed by atoms with E-state index >= 15 is 0 Å². The number of benzene rings is 3. The van der Waals surface area contributed by atoms with Crippen molar-refractivity contribution in [2.75, 3.05) is 25.5 Å². The molecule has 0 aliphatic heterocycles. The molecule has 5 aromatic rings. The second-order valence-corrected chi connectivity index (χ2v) is 12.0. The minimum absolute atomic E-state index is 0.132. The van der Waals surface area contributed by atoms with Crippen LogP contribution in [0.15, 0.2) is 106 Å². The minimum Gasteiger partial charge on any atom is -0.504 e. The number of carbonyl (C=O) groups is 1. The van der Waals surface area contributed by atoms with Gasteiger partial charge in [-0.15, -0.1) is 0 Å². The molecule has 2 N–H and O–H groups in total. The Bertz CT molecular complexity index is 1960. The molecule has 0 saturated carbocycles. The molecule has 2 heterocycles. The number of hydrogen-bond acceptors (Lipinski definition) is 7. The number of pyridine rings is 1. The van der Waals surface area contributed by atoms with Gasteiger partial charge in [0.15, 0.2) is 10.6 Å². The van der Waals surface area contributed by atoms with Crippen molar-refractivity contribution < 1.29 is 18.3 Å². The normalized spacial score (nSPS) is 11.3. The van der Waals surface area contributed by atoms with Gasteiger partial charge in [0.05, 0.1) is 16.8 Å². The Morgan fingerprint density at radius 2 is 1.60 bits per heavy atom. The van der Waals surface area contributed by atoms with Gasteiger partial charge in [0.2, 0.25) is 9.84 Å². The lowest BCUT2D eigenvalue weighted by Crippen LogP contribution is -2.24. The van der Waals surface area contributed by atoms with Gasteiger partial charge < -0.3 is 19.9 Å². The fourth-order valence-electron chi connectivity index (χ4n) is 5.01. The first-order valence-corrected chi connectivity index (χ1v) is 15.0. The molecule has 10 nitrogen and oxygen atoms in total. The van der Waals surface area contributed by atoms with Gasteiger partial charge in [-0.3, -0.25) is 14.3 Å². The molecule has 0 atom stereocenters. The molecule has 0 saturated heterocycles. The zero-order valence-corrected chi connectivity index (χ0v) is 25.0. The highest BCUT2D eigenvalue weighted by Crippen LogP contribution is 2.43. The van der Waals surface area contributed by atoms with Crippen molar-refractivity contribution in [1.29, 1.82) is 0 Å². The minimum atomic E-state index is -4.50. The monoisotopic (exact) mass is 597 g/mol. The van der Waals surface area contributed by atoms with Gasteiger partial charge in [0.1, 0.15) is 5.69 Å². The van der Waals surface area contributed by atoms with Crippen molar-refractivity contribution in [1.82, 2.24) is 19.7 Å². The summed E-state index contributed by atoms with van der Waals surface area (Å²) in [7, 11) is 0.533. The Morgan fingerprint density at radius 3 is 2.21 bits per heavy atom. The maximum absolute atomic E-state index is 14.0. The topological polar surface area (TPSA) is 129 Å². The molecule has 11 heteroatoms. The van der Waals surface area contributed by atoms with E-state index < -0.39 is 26.0 Å². The summed E-state index contributed by atoms with van der Waals surface area (Å²) in [5, 5.41) is 15.8. The average Bonchev–Trinajstić information content (AvgIpc) is 3.44. The Balaban J connectivity index is 1.66. The smallest absolute Gasteiger partial charge is 0.271 e. The summed E-state index contributed by atoms with van der Waals surface area (Å²) in [4.78, 5) is 31.1. The van der Waals surface area contributed by atoms with E-state index in [0.717, 1.165) is 0 Å². The van der Waals surface area contributed by atoms with E-state index in [1.807, 2.05) is 37.3 Å². The highest BCUT2D eigenvalue weighted by Gasteiger charge is 2.32. The number of amides is 1. The van der Waals surface area contributed by atoms with E-state index in [0.29, 0.717) is 34.5 Å². The van der Waals surface area contributed by atoms with Gasteiger partial charge in [-0.2, -0.15) is 5.10 Å². The maximum Gasteiger partial charge on any atom is 0.271 e. The number of hydrogen-bond donors (Lipinski definition) is 2. The first-order valence-electron chi connectivity index (χ1n) is 13.5. The van der Waals surface area contributed by atoms with Crippen LogP contribution in [-0.2, 0) is 16.9 Å². The van der Waals surface area contributed by atoms with Crippen LogP contribution in [0.1, 0.15) is 17.3 Å². The number of aromatic amines is 1. The molecule has 0 aliphatic carbocycles. The van der Waals surface area contributed by atoms with Crippen molar-refractivity contribution in [2.24, 2.45) is 7.05 Å². The Morgan fingerprint density at radius 1 is 0.953 bits per heavy atom. The fraction of sp³-hybridized carbons (Fsp3) is 0.156. The molecule has 0 fully saturated rings. The van der Waals surface area contributed by atoms with Gasteiger partial charge >= 0.3 is 0 Å². The fourth-order valence-corrected chi connectivity index (χ4v) is 6.38. The first kappa shape index (κ1) is 29.3. The van der Waals surface area contributed by atoms with E-state index in [1.165, 1.54) is 23.2 Å². The van der Waals surface area contributed by atoms with E-state index in [9.17, 15) is 23.1 Å². The molecule has 1 amide bonds. The van der Waals surface area contributed by atoms with Gasteiger partial charge in [-0.1, -0.05) is 48.5 Å². The Labute approximate surface area is 249 Å². The zero-order chi connectivity index (χ0) is 30.9. The predicted octanol–water partition coefficient (Wildman–Crippen LogP) is 4.84. The van der Waals surface area contributed by atoms with Gasteiger partial charge in [-0.25, -0.2) is 8.42 Å². The highest BCUT2D eigenvalue weighted by molar-refractivity contribution is 7.91. The molecule has 0 aliphatic rings. The molecule has 3 aromatic carbocycles. The standard InChI is InChI=1S/C32H31N5O5S/c1-5-37(23-11-7-6-8-12-23)28-27(22-19-33-36(4)20-22)34-31(39)30(29(28)38)43(41,42)24-17-15-21(16-18-24)25-13-9-10-14-26(25)32(40)35(2)3/h6-20H,5H2,1-4H3,(H2,34,38,39). The molecular weight excluding hydrogens is 566 g/mol. The van der Waals surface area contributed by atoms with Crippen molar-refractivity contribution >= 4 is 27.1 Å². The average molecular weight is 598 g/mol. The van der Waals surface area contributed by atoms with Crippen LogP contribution in [0.4, 0.5) is 11.4 Å². The highest BCUT2D eigenvalue weighted by atomic mass is 32.2. The molecule has 220 valence electrons. The second-order valence-electron chi connectivity index (χ2n) is 10.1.